The fraction of sp³-hybridized carbons (Fsp3) is 0.250. The highest BCUT2D eigenvalue weighted by atomic mass is 32.2. The van der Waals surface area contributed by atoms with Crippen LogP contribution in [-0.4, -0.2) is 25.6 Å². The zero-order valence-electron chi connectivity index (χ0n) is 13.4. The second-order valence-electron chi connectivity index (χ2n) is 5.61. The number of benzene rings is 1. The van der Waals surface area contributed by atoms with Gasteiger partial charge in [-0.05, 0) is 29.8 Å². The van der Waals surface area contributed by atoms with E-state index in [1.54, 1.807) is 0 Å². The molecule has 1 aliphatic rings. The number of hydrogen-bond acceptors (Lipinski definition) is 6. The summed E-state index contributed by atoms with van der Waals surface area (Å²) < 4.78 is 65.9. The number of hydrogen-bond donors (Lipinski definition) is 0. The van der Waals surface area contributed by atoms with E-state index in [-0.39, 0.29) is 23.1 Å². The molecule has 0 amide bonds. The monoisotopic (exact) mass is 386 g/mol. The SMILES string of the molecule is CS(=O)(=O)c1ccc(OC2=NO[C@@H](c3ccc(C(F)(F)F)cc3)C2)cn1. The lowest BCUT2D eigenvalue weighted by molar-refractivity contribution is -0.137. The first-order chi connectivity index (χ1) is 12.1. The molecule has 0 radical (unpaired) electrons. The van der Waals surface area contributed by atoms with E-state index < -0.39 is 27.7 Å². The molecule has 26 heavy (non-hydrogen) atoms. The molecule has 0 spiro atoms. The Balaban J connectivity index is 1.63. The van der Waals surface area contributed by atoms with E-state index in [2.05, 4.69) is 10.1 Å². The second-order valence-corrected chi connectivity index (χ2v) is 7.57. The van der Waals surface area contributed by atoms with Gasteiger partial charge in [-0.1, -0.05) is 17.3 Å². The summed E-state index contributed by atoms with van der Waals surface area (Å²) in [5, 5.41) is 3.67. The van der Waals surface area contributed by atoms with Crippen molar-refractivity contribution >= 4 is 15.7 Å². The Morgan fingerprint density at radius 1 is 1.15 bits per heavy atom. The third-order valence-corrected chi connectivity index (χ3v) is 4.58. The smallest absolute Gasteiger partial charge is 0.416 e. The second kappa shape index (κ2) is 6.60. The van der Waals surface area contributed by atoms with Crippen LogP contribution < -0.4 is 4.74 Å². The predicted molar refractivity (Wildman–Crippen MR) is 85.3 cm³/mol. The molecular weight excluding hydrogens is 373 g/mol. The number of oxime groups is 1. The van der Waals surface area contributed by atoms with Gasteiger partial charge in [0, 0.05) is 6.26 Å². The number of pyridine rings is 1. The van der Waals surface area contributed by atoms with Gasteiger partial charge in [0.15, 0.2) is 21.0 Å². The highest BCUT2D eigenvalue weighted by molar-refractivity contribution is 7.90. The van der Waals surface area contributed by atoms with Crippen molar-refractivity contribution in [3.05, 3.63) is 53.7 Å². The lowest BCUT2D eigenvalue weighted by atomic mass is 10.0. The van der Waals surface area contributed by atoms with Gasteiger partial charge < -0.3 is 9.57 Å². The van der Waals surface area contributed by atoms with Crippen molar-refractivity contribution in [2.24, 2.45) is 5.16 Å². The minimum atomic E-state index is -4.40. The quantitative estimate of drug-likeness (QED) is 0.808. The average molecular weight is 386 g/mol. The van der Waals surface area contributed by atoms with Crippen LogP contribution in [0.3, 0.4) is 0 Å². The normalized spacial score (nSPS) is 17.5. The van der Waals surface area contributed by atoms with E-state index in [1.165, 1.54) is 30.5 Å². The van der Waals surface area contributed by atoms with Crippen LogP contribution in [0.5, 0.6) is 5.75 Å². The van der Waals surface area contributed by atoms with Crippen LogP contribution in [0.4, 0.5) is 13.2 Å². The highest BCUT2D eigenvalue weighted by Crippen LogP contribution is 2.33. The van der Waals surface area contributed by atoms with Crippen molar-refractivity contribution in [2.45, 2.75) is 23.7 Å². The number of rotatable bonds is 3. The summed E-state index contributed by atoms with van der Waals surface area (Å²) in [7, 11) is -3.41. The van der Waals surface area contributed by atoms with E-state index in [9.17, 15) is 21.6 Å². The zero-order chi connectivity index (χ0) is 18.9. The molecule has 10 heteroatoms. The number of alkyl halides is 3. The van der Waals surface area contributed by atoms with Gasteiger partial charge in [-0.3, -0.25) is 0 Å². The molecule has 1 aliphatic heterocycles. The fourth-order valence-corrected chi connectivity index (χ4v) is 2.82. The highest BCUT2D eigenvalue weighted by Gasteiger charge is 2.31. The van der Waals surface area contributed by atoms with Crippen molar-refractivity contribution in [1.82, 2.24) is 4.98 Å². The topological polar surface area (TPSA) is 77.9 Å². The summed E-state index contributed by atoms with van der Waals surface area (Å²) in [6.07, 6.45) is -2.45. The maximum atomic E-state index is 12.6. The van der Waals surface area contributed by atoms with Crippen LogP contribution in [0.2, 0.25) is 0 Å². The molecule has 138 valence electrons. The van der Waals surface area contributed by atoms with Crippen LogP contribution in [0.1, 0.15) is 23.7 Å². The van der Waals surface area contributed by atoms with E-state index >= 15 is 0 Å². The van der Waals surface area contributed by atoms with Gasteiger partial charge in [0.25, 0.3) is 0 Å². The molecule has 3 rings (SSSR count). The first kappa shape index (κ1) is 18.2. The van der Waals surface area contributed by atoms with Gasteiger partial charge in [0.1, 0.15) is 5.75 Å². The Morgan fingerprint density at radius 2 is 1.85 bits per heavy atom. The summed E-state index contributed by atoms with van der Waals surface area (Å²) >= 11 is 0. The van der Waals surface area contributed by atoms with Crippen LogP contribution >= 0.6 is 0 Å². The number of halogens is 3. The lowest BCUT2D eigenvalue weighted by Crippen LogP contribution is -2.09. The molecule has 0 unspecified atom stereocenters. The van der Waals surface area contributed by atoms with Gasteiger partial charge >= 0.3 is 6.18 Å². The largest absolute Gasteiger partial charge is 0.438 e. The van der Waals surface area contributed by atoms with E-state index in [4.69, 9.17) is 9.57 Å². The molecule has 0 aliphatic carbocycles. The van der Waals surface area contributed by atoms with E-state index in [0.29, 0.717) is 5.56 Å². The lowest BCUT2D eigenvalue weighted by Gasteiger charge is -2.11. The third kappa shape index (κ3) is 4.13. The number of sulfone groups is 1. The molecule has 2 heterocycles. The molecule has 0 N–H and O–H groups in total. The molecular formula is C16H13F3N2O4S. The first-order valence-corrected chi connectivity index (χ1v) is 9.26. The maximum absolute atomic E-state index is 12.6. The molecule has 2 aromatic rings. The van der Waals surface area contributed by atoms with Crippen molar-refractivity contribution in [3.8, 4) is 5.75 Å². The van der Waals surface area contributed by atoms with E-state index in [1.807, 2.05) is 0 Å². The molecule has 0 fully saturated rings. The average Bonchev–Trinajstić information content (AvgIpc) is 3.02. The minimum Gasteiger partial charge on any atom is -0.438 e. The van der Waals surface area contributed by atoms with Crippen LogP contribution in [0.15, 0.2) is 52.8 Å². The summed E-state index contributed by atoms with van der Waals surface area (Å²) in [5.74, 6) is 0.483. The molecule has 6 nitrogen and oxygen atoms in total. The molecule has 0 bridgehead atoms. The Morgan fingerprint density at radius 3 is 2.38 bits per heavy atom. The fourth-order valence-electron chi connectivity index (χ4n) is 2.26. The zero-order valence-corrected chi connectivity index (χ0v) is 14.2. The van der Waals surface area contributed by atoms with Gasteiger partial charge in [-0.25, -0.2) is 13.4 Å². The minimum absolute atomic E-state index is 0.0860. The Hall–Kier alpha value is -2.62. The van der Waals surface area contributed by atoms with Gasteiger partial charge in [0.05, 0.1) is 18.2 Å². The number of aromatic nitrogens is 1. The molecule has 0 saturated heterocycles. The van der Waals surface area contributed by atoms with Gasteiger partial charge in [-0.2, -0.15) is 13.2 Å². The van der Waals surface area contributed by atoms with Crippen LogP contribution in [0, 0.1) is 0 Å². The first-order valence-electron chi connectivity index (χ1n) is 7.37. The standard InChI is InChI=1S/C16H13F3N2O4S/c1-26(22,23)15-7-6-12(9-20-15)24-14-8-13(25-21-14)10-2-4-11(5-3-10)16(17,18)19/h2-7,9,13H,8H2,1H3/t13-/m1/s1. The van der Waals surface area contributed by atoms with Crippen LogP contribution in [0.25, 0.3) is 0 Å². The predicted octanol–water partition coefficient (Wildman–Crippen LogP) is 3.36. The molecule has 1 aromatic carbocycles. The van der Waals surface area contributed by atoms with Gasteiger partial charge in [-0.15, -0.1) is 0 Å². The summed E-state index contributed by atoms with van der Waals surface area (Å²) in [4.78, 5) is 8.98. The van der Waals surface area contributed by atoms with Crippen molar-refractivity contribution in [1.29, 1.82) is 0 Å². The van der Waals surface area contributed by atoms with Gasteiger partial charge in [0.2, 0.25) is 5.90 Å². The Kier molecular flexibility index (Phi) is 4.61. The maximum Gasteiger partial charge on any atom is 0.416 e. The Labute approximate surface area is 147 Å². The summed E-state index contributed by atoms with van der Waals surface area (Å²) in [5.41, 5.74) is -0.209. The van der Waals surface area contributed by atoms with Crippen LogP contribution in [-0.2, 0) is 20.9 Å². The van der Waals surface area contributed by atoms with Crippen molar-refractivity contribution in [2.75, 3.05) is 6.26 Å². The summed E-state index contributed by atoms with van der Waals surface area (Å²) in [6, 6.07) is 7.34. The molecule has 1 atom stereocenters. The Bertz CT molecular complexity index is 923. The number of ether oxygens (including phenoxy) is 1. The molecule has 1 aromatic heterocycles. The van der Waals surface area contributed by atoms with E-state index in [0.717, 1.165) is 18.4 Å². The van der Waals surface area contributed by atoms with Crippen molar-refractivity contribution in [3.63, 3.8) is 0 Å². The molecule has 0 saturated carbocycles. The third-order valence-electron chi connectivity index (χ3n) is 3.58. The van der Waals surface area contributed by atoms with Crippen molar-refractivity contribution < 1.29 is 31.2 Å². The number of nitrogens with zero attached hydrogens (tertiary/aromatic N) is 2. The summed E-state index contributed by atoms with van der Waals surface area (Å²) in [6.45, 7) is 0.